The topological polar surface area (TPSA) is 25.8 Å². The van der Waals surface area contributed by atoms with E-state index in [0.29, 0.717) is 0 Å². The summed E-state index contributed by atoms with van der Waals surface area (Å²) in [5, 5.41) is 0. The SMILES string of the molecule is [CH2-]Cc1ccncc1.[CH2-]Cc1ccncc1.[CH3-].[CH3-].[Pt+4]. The Bertz CT molecular complexity index is 337. The fourth-order valence-corrected chi connectivity index (χ4v) is 1.10. The maximum Gasteiger partial charge on any atom is 4.00 e. The summed E-state index contributed by atoms with van der Waals surface area (Å²) >= 11 is 0. The number of rotatable bonds is 2. The van der Waals surface area contributed by atoms with Gasteiger partial charge >= 0.3 is 21.1 Å². The van der Waals surface area contributed by atoms with Crippen molar-refractivity contribution in [3.8, 4) is 0 Å². The summed E-state index contributed by atoms with van der Waals surface area (Å²) in [5.74, 6) is 0. The standard InChI is InChI=1S/2C7H8N.2CH3.Pt/c2*1-2-7-3-5-8-6-4-7;;;/h2*3-6H,1-2H2;2*1H3;/q4*-1;+4. The third-order valence-electron chi connectivity index (χ3n) is 2.08. The molecule has 0 saturated carbocycles. The molecule has 2 heterocycles. The molecule has 0 atom stereocenters. The Labute approximate surface area is 133 Å². The van der Waals surface area contributed by atoms with Gasteiger partial charge in [0.15, 0.2) is 0 Å². The molecule has 0 aliphatic heterocycles. The van der Waals surface area contributed by atoms with Crippen molar-refractivity contribution >= 4 is 0 Å². The molecule has 0 amide bonds. The van der Waals surface area contributed by atoms with Crippen molar-refractivity contribution in [2.45, 2.75) is 12.8 Å². The molecule has 3 heteroatoms. The van der Waals surface area contributed by atoms with E-state index in [1.807, 2.05) is 24.3 Å². The van der Waals surface area contributed by atoms with Gasteiger partial charge in [-0.1, -0.05) is 11.1 Å². The maximum atomic E-state index is 3.87. The number of aromatic nitrogens is 2. The van der Waals surface area contributed by atoms with E-state index in [-0.39, 0.29) is 35.9 Å². The molecular formula is C16H22N2Pt. The van der Waals surface area contributed by atoms with Gasteiger partial charge in [0.2, 0.25) is 0 Å². The summed E-state index contributed by atoms with van der Waals surface area (Å²) < 4.78 is 0. The van der Waals surface area contributed by atoms with Crippen LogP contribution in [0.25, 0.3) is 0 Å². The van der Waals surface area contributed by atoms with Gasteiger partial charge < -0.3 is 28.7 Å². The van der Waals surface area contributed by atoms with E-state index in [0.717, 1.165) is 12.8 Å². The van der Waals surface area contributed by atoms with Crippen molar-refractivity contribution in [1.82, 2.24) is 9.97 Å². The van der Waals surface area contributed by atoms with Gasteiger partial charge in [-0.2, -0.15) is 12.8 Å². The molecule has 0 aliphatic carbocycles. The molecule has 0 aromatic carbocycles. The average Bonchev–Trinajstić information content (AvgIpc) is 2.41. The minimum atomic E-state index is 0. The van der Waals surface area contributed by atoms with Crippen LogP contribution in [0.4, 0.5) is 0 Å². The van der Waals surface area contributed by atoms with Crippen molar-refractivity contribution < 1.29 is 21.1 Å². The second-order valence-electron chi connectivity index (χ2n) is 3.21. The first-order valence-electron chi connectivity index (χ1n) is 5.23. The van der Waals surface area contributed by atoms with Gasteiger partial charge in [0, 0.05) is 24.8 Å². The van der Waals surface area contributed by atoms with Gasteiger partial charge in [-0.25, -0.2) is 0 Å². The van der Waals surface area contributed by atoms with E-state index in [1.54, 1.807) is 24.8 Å². The zero-order chi connectivity index (χ0) is 11.6. The first kappa shape index (κ1) is 23.1. The van der Waals surface area contributed by atoms with Crippen LogP contribution in [0, 0.1) is 28.7 Å². The molecule has 2 aromatic heterocycles. The summed E-state index contributed by atoms with van der Waals surface area (Å²) in [6.45, 7) is 7.46. The molecule has 0 radical (unpaired) electrons. The predicted molar refractivity (Wildman–Crippen MR) is 79.4 cm³/mol. The van der Waals surface area contributed by atoms with Gasteiger partial charge in [0.1, 0.15) is 0 Å². The van der Waals surface area contributed by atoms with Crippen molar-refractivity contribution in [2.24, 2.45) is 0 Å². The monoisotopic (exact) mass is 437 g/mol. The number of nitrogens with zero attached hydrogens (tertiary/aromatic N) is 2. The quantitative estimate of drug-likeness (QED) is 0.668. The number of hydrogen-bond donors (Lipinski definition) is 0. The van der Waals surface area contributed by atoms with Crippen molar-refractivity contribution in [3.63, 3.8) is 0 Å². The Kier molecular flexibility index (Phi) is 18.3. The molecule has 0 unspecified atom stereocenters. The summed E-state index contributed by atoms with van der Waals surface area (Å²) in [6.07, 6.45) is 8.81. The van der Waals surface area contributed by atoms with Gasteiger partial charge in [0.25, 0.3) is 0 Å². The maximum absolute atomic E-state index is 3.87. The Morgan fingerprint density at radius 1 is 0.684 bits per heavy atom. The smallest absolute Gasteiger partial charge is 0.358 e. The Morgan fingerprint density at radius 3 is 1.11 bits per heavy atom. The van der Waals surface area contributed by atoms with Crippen LogP contribution in [0.5, 0.6) is 0 Å². The van der Waals surface area contributed by atoms with Crippen LogP contribution in [-0.2, 0) is 33.9 Å². The Hall–Kier alpha value is -1.01. The van der Waals surface area contributed by atoms with Crippen LogP contribution in [-0.4, -0.2) is 9.97 Å². The molecule has 2 nitrogen and oxygen atoms in total. The van der Waals surface area contributed by atoms with Gasteiger partial charge in [-0.05, 0) is 24.3 Å². The third-order valence-corrected chi connectivity index (χ3v) is 2.08. The molecule has 0 spiro atoms. The average molecular weight is 437 g/mol. The van der Waals surface area contributed by atoms with E-state index in [4.69, 9.17) is 0 Å². The Morgan fingerprint density at radius 2 is 0.947 bits per heavy atom. The normalized spacial score (nSPS) is 7.68. The molecule has 0 N–H and O–H groups in total. The van der Waals surface area contributed by atoms with E-state index >= 15 is 0 Å². The van der Waals surface area contributed by atoms with E-state index in [2.05, 4.69) is 23.8 Å². The predicted octanol–water partition coefficient (Wildman–Crippen LogP) is 3.81. The molecule has 0 bridgehead atoms. The zero-order valence-electron chi connectivity index (χ0n) is 11.7. The number of hydrogen-bond acceptors (Lipinski definition) is 2. The number of pyridine rings is 2. The van der Waals surface area contributed by atoms with Crippen LogP contribution >= 0.6 is 0 Å². The van der Waals surface area contributed by atoms with Gasteiger partial charge in [0.05, 0.1) is 0 Å². The van der Waals surface area contributed by atoms with Crippen molar-refractivity contribution in [3.05, 3.63) is 88.9 Å². The molecule has 2 rings (SSSR count). The molecule has 0 fully saturated rings. The molecule has 106 valence electrons. The van der Waals surface area contributed by atoms with Crippen molar-refractivity contribution in [2.75, 3.05) is 0 Å². The van der Waals surface area contributed by atoms with Gasteiger partial charge in [-0.3, -0.25) is 9.97 Å². The Balaban J connectivity index is -0.000000233. The van der Waals surface area contributed by atoms with Crippen LogP contribution in [0.3, 0.4) is 0 Å². The summed E-state index contributed by atoms with van der Waals surface area (Å²) in [6, 6.07) is 7.86. The van der Waals surface area contributed by atoms with Crippen LogP contribution in [0.15, 0.2) is 49.1 Å². The molecular weight excluding hydrogens is 415 g/mol. The van der Waals surface area contributed by atoms with Crippen LogP contribution < -0.4 is 0 Å². The molecule has 2 aromatic rings. The van der Waals surface area contributed by atoms with Crippen LogP contribution in [0.2, 0.25) is 0 Å². The van der Waals surface area contributed by atoms with Crippen molar-refractivity contribution in [1.29, 1.82) is 0 Å². The minimum absolute atomic E-state index is 0. The third kappa shape index (κ3) is 10.6. The van der Waals surface area contributed by atoms with E-state index in [9.17, 15) is 0 Å². The zero-order valence-corrected chi connectivity index (χ0v) is 13.9. The van der Waals surface area contributed by atoms with Crippen LogP contribution in [0.1, 0.15) is 11.1 Å². The van der Waals surface area contributed by atoms with E-state index < -0.39 is 0 Å². The van der Waals surface area contributed by atoms with Gasteiger partial charge in [-0.15, -0.1) is 0 Å². The molecule has 0 saturated heterocycles. The minimum Gasteiger partial charge on any atom is -0.358 e. The second-order valence-corrected chi connectivity index (χ2v) is 3.21. The largest absolute Gasteiger partial charge is 4.00 e. The summed E-state index contributed by atoms with van der Waals surface area (Å²) in [7, 11) is 0. The fraction of sp³-hybridized carbons (Fsp3) is 0.125. The molecule has 19 heavy (non-hydrogen) atoms. The first-order valence-corrected chi connectivity index (χ1v) is 5.23. The van der Waals surface area contributed by atoms with E-state index in [1.165, 1.54) is 11.1 Å². The summed E-state index contributed by atoms with van der Waals surface area (Å²) in [4.78, 5) is 7.73. The first-order chi connectivity index (χ1) is 7.86. The second kappa shape index (κ2) is 15.0. The molecule has 0 aliphatic rings. The fourth-order valence-electron chi connectivity index (χ4n) is 1.10. The summed E-state index contributed by atoms with van der Waals surface area (Å²) in [5.41, 5.74) is 2.47.